The summed E-state index contributed by atoms with van der Waals surface area (Å²) >= 11 is 0. The van der Waals surface area contributed by atoms with E-state index < -0.39 is 0 Å². The maximum atomic E-state index is 5.65. The molecule has 0 spiro atoms. The van der Waals surface area contributed by atoms with Crippen LogP contribution in [0.25, 0.3) is 11.3 Å². The van der Waals surface area contributed by atoms with Crippen LogP contribution in [0, 0.1) is 5.92 Å². The van der Waals surface area contributed by atoms with Gasteiger partial charge in [0, 0.05) is 24.2 Å². The van der Waals surface area contributed by atoms with Crippen LogP contribution >= 0.6 is 0 Å². The van der Waals surface area contributed by atoms with Gasteiger partial charge in [0.25, 0.3) is 0 Å². The zero-order valence-electron chi connectivity index (χ0n) is 15.4. The summed E-state index contributed by atoms with van der Waals surface area (Å²) in [4.78, 5) is 4.73. The second-order valence-corrected chi connectivity index (χ2v) is 7.42. The van der Waals surface area contributed by atoms with Crippen LogP contribution in [-0.2, 0) is 17.7 Å². The van der Waals surface area contributed by atoms with Crippen molar-refractivity contribution in [1.29, 1.82) is 0 Å². The summed E-state index contributed by atoms with van der Waals surface area (Å²) < 4.78 is 13.4. The Morgan fingerprint density at radius 3 is 2.81 bits per heavy atom. The Bertz CT molecular complexity index is 845. The first kappa shape index (κ1) is 17.0. The first-order valence-corrected chi connectivity index (χ1v) is 9.33. The standard InChI is InChI=1S/C21H25N3O2/c1-15(2)10-18-11-19(26-23-18)12-24-14-22-20(16-6-4-3-5-7-16)21(24)17-8-9-25-13-17/h3-7,11,14-15,17H,8-10,12-13H2,1-2H3/t17-/m0/s1. The lowest BCUT2D eigenvalue weighted by Crippen LogP contribution is -2.09. The topological polar surface area (TPSA) is 53.1 Å². The fraction of sp³-hybridized carbons (Fsp3) is 0.429. The molecule has 0 unspecified atom stereocenters. The normalized spacial score (nSPS) is 17.3. The van der Waals surface area contributed by atoms with Gasteiger partial charge in [-0.15, -0.1) is 0 Å². The number of imidazole rings is 1. The molecule has 3 heterocycles. The van der Waals surface area contributed by atoms with Crippen molar-refractivity contribution in [3.05, 3.63) is 59.9 Å². The average Bonchev–Trinajstić information content (AvgIpc) is 3.36. The largest absolute Gasteiger partial charge is 0.381 e. The van der Waals surface area contributed by atoms with Gasteiger partial charge in [-0.25, -0.2) is 4.98 Å². The van der Waals surface area contributed by atoms with E-state index in [9.17, 15) is 0 Å². The SMILES string of the molecule is CC(C)Cc1cc(Cn2cnc(-c3ccccc3)c2[C@H]2CCOC2)on1. The molecule has 0 N–H and O–H groups in total. The minimum atomic E-state index is 0.366. The predicted octanol–water partition coefficient (Wildman–Crippen LogP) is 4.29. The molecule has 4 rings (SSSR count). The Morgan fingerprint density at radius 1 is 1.23 bits per heavy atom. The molecule has 5 heteroatoms. The number of aromatic nitrogens is 3. The molecule has 1 aromatic carbocycles. The lowest BCUT2D eigenvalue weighted by atomic mass is 9.99. The zero-order valence-corrected chi connectivity index (χ0v) is 15.4. The predicted molar refractivity (Wildman–Crippen MR) is 100.0 cm³/mol. The monoisotopic (exact) mass is 351 g/mol. The van der Waals surface area contributed by atoms with E-state index >= 15 is 0 Å². The molecular formula is C21H25N3O2. The van der Waals surface area contributed by atoms with E-state index in [0.29, 0.717) is 18.4 Å². The highest BCUT2D eigenvalue weighted by Gasteiger charge is 2.26. The van der Waals surface area contributed by atoms with Crippen LogP contribution in [0.15, 0.2) is 47.2 Å². The molecule has 0 saturated carbocycles. The van der Waals surface area contributed by atoms with Crippen molar-refractivity contribution in [2.24, 2.45) is 5.92 Å². The molecule has 1 saturated heterocycles. The maximum absolute atomic E-state index is 5.65. The third-order valence-corrected chi connectivity index (χ3v) is 4.79. The number of hydrogen-bond donors (Lipinski definition) is 0. The van der Waals surface area contributed by atoms with E-state index in [4.69, 9.17) is 14.2 Å². The molecule has 0 radical (unpaired) electrons. The van der Waals surface area contributed by atoms with E-state index in [0.717, 1.165) is 48.8 Å². The lowest BCUT2D eigenvalue weighted by molar-refractivity contribution is 0.193. The van der Waals surface area contributed by atoms with Crippen molar-refractivity contribution in [2.45, 2.75) is 39.2 Å². The average molecular weight is 351 g/mol. The number of benzene rings is 1. The lowest BCUT2D eigenvalue weighted by Gasteiger charge is -2.14. The molecule has 1 aliphatic heterocycles. The van der Waals surface area contributed by atoms with E-state index in [2.05, 4.69) is 53.9 Å². The van der Waals surface area contributed by atoms with Crippen molar-refractivity contribution in [2.75, 3.05) is 13.2 Å². The van der Waals surface area contributed by atoms with Crippen LogP contribution in [0.2, 0.25) is 0 Å². The van der Waals surface area contributed by atoms with Crippen LogP contribution in [0.4, 0.5) is 0 Å². The van der Waals surface area contributed by atoms with Gasteiger partial charge < -0.3 is 13.8 Å². The number of rotatable bonds is 6. The summed E-state index contributed by atoms with van der Waals surface area (Å²) in [6, 6.07) is 12.4. The maximum Gasteiger partial charge on any atom is 0.156 e. The van der Waals surface area contributed by atoms with Gasteiger partial charge in [-0.1, -0.05) is 49.3 Å². The number of ether oxygens (including phenoxy) is 1. The highest BCUT2D eigenvalue weighted by molar-refractivity contribution is 5.62. The number of nitrogens with zero attached hydrogens (tertiary/aromatic N) is 3. The van der Waals surface area contributed by atoms with Gasteiger partial charge in [0.05, 0.1) is 36.6 Å². The third kappa shape index (κ3) is 3.58. The van der Waals surface area contributed by atoms with Gasteiger partial charge >= 0.3 is 0 Å². The minimum absolute atomic E-state index is 0.366. The molecule has 26 heavy (non-hydrogen) atoms. The molecular weight excluding hydrogens is 326 g/mol. The minimum Gasteiger partial charge on any atom is -0.381 e. The van der Waals surface area contributed by atoms with Crippen molar-refractivity contribution in [3.8, 4) is 11.3 Å². The smallest absolute Gasteiger partial charge is 0.156 e. The first-order chi connectivity index (χ1) is 12.7. The molecule has 0 bridgehead atoms. The highest BCUT2D eigenvalue weighted by atomic mass is 16.5. The summed E-state index contributed by atoms with van der Waals surface area (Å²) in [5, 5.41) is 4.21. The van der Waals surface area contributed by atoms with Crippen LogP contribution in [0.3, 0.4) is 0 Å². The van der Waals surface area contributed by atoms with E-state index in [-0.39, 0.29) is 0 Å². The zero-order chi connectivity index (χ0) is 17.9. The van der Waals surface area contributed by atoms with Gasteiger partial charge in [-0.05, 0) is 18.8 Å². The molecule has 1 fully saturated rings. The summed E-state index contributed by atoms with van der Waals surface area (Å²) in [6.45, 7) is 6.59. The van der Waals surface area contributed by atoms with Crippen molar-refractivity contribution in [1.82, 2.24) is 14.7 Å². The fourth-order valence-corrected chi connectivity index (χ4v) is 3.63. The van der Waals surface area contributed by atoms with E-state index in [1.165, 1.54) is 5.69 Å². The Kier molecular flexibility index (Phi) is 4.89. The van der Waals surface area contributed by atoms with Crippen LogP contribution in [0.1, 0.15) is 43.3 Å². The van der Waals surface area contributed by atoms with Gasteiger partial charge in [-0.3, -0.25) is 0 Å². The molecule has 0 amide bonds. The van der Waals surface area contributed by atoms with Gasteiger partial charge in [0.2, 0.25) is 0 Å². The molecule has 1 atom stereocenters. The van der Waals surface area contributed by atoms with Crippen LogP contribution in [-0.4, -0.2) is 27.9 Å². The van der Waals surface area contributed by atoms with Crippen molar-refractivity contribution in [3.63, 3.8) is 0 Å². The Hall–Kier alpha value is -2.40. The van der Waals surface area contributed by atoms with E-state index in [1.807, 2.05) is 12.4 Å². The number of hydrogen-bond acceptors (Lipinski definition) is 4. The summed E-state index contributed by atoms with van der Waals surface area (Å²) in [5.41, 5.74) is 4.44. The second kappa shape index (κ2) is 7.46. The van der Waals surface area contributed by atoms with Crippen molar-refractivity contribution < 1.29 is 9.26 Å². The third-order valence-electron chi connectivity index (χ3n) is 4.79. The fourth-order valence-electron chi connectivity index (χ4n) is 3.63. The van der Waals surface area contributed by atoms with Gasteiger partial charge in [-0.2, -0.15) is 0 Å². The van der Waals surface area contributed by atoms with Gasteiger partial charge in [0.1, 0.15) is 0 Å². The quantitative estimate of drug-likeness (QED) is 0.665. The Labute approximate surface area is 154 Å². The van der Waals surface area contributed by atoms with Crippen LogP contribution in [0.5, 0.6) is 0 Å². The van der Waals surface area contributed by atoms with Crippen molar-refractivity contribution >= 4 is 0 Å². The van der Waals surface area contributed by atoms with Crippen LogP contribution < -0.4 is 0 Å². The summed E-state index contributed by atoms with van der Waals surface area (Å²) in [6.07, 6.45) is 3.88. The molecule has 0 aliphatic carbocycles. The molecule has 136 valence electrons. The molecule has 2 aromatic heterocycles. The molecule has 3 aromatic rings. The Morgan fingerprint density at radius 2 is 2.08 bits per heavy atom. The molecule has 1 aliphatic rings. The second-order valence-electron chi connectivity index (χ2n) is 7.42. The highest BCUT2D eigenvalue weighted by Crippen LogP contribution is 2.33. The van der Waals surface area contributed by atoms with Gasteiger partial charge in [0.15, 0.2) is 5.76 Å². The Balaban J connectivity index is 1.65. The summed E-state index contributed by atoms with van der Waals surface area (Å²) in [5.74, 6) is 1.81. The first-order valence-electron chi connectivity index (χ1n) is 9.33. The summed E-state index contributed by atoms with van der Waals surface area (Å²) in [7, 11) is 0. The van der Waals surface area contributed by atoms with E-state index in [1.54, 1.807) is 0 Å². The molecule has 5 nitrogen and oxygen atoms in total.